The summed E-state index contributed by atoms with van der Waals surface area (Å²) in [4.78, 5) is 13.1. The number of hydrogen-bond acceptors (Lipinski definition) is 13. The molecule has 9 N–H and O–H groups in total. The minimum absolute atomic E-state index is 0.249. The largest absolute Gasteiger partial charge is 0.394 e. The van der Waals surface area contributed by atoms with Crippen LogP contribution in [0, 0.1) is 0 Å². The molecular formula is C51H95NO13. The van der Waals surface area contributed by atoms with Gasteiger partial charge in [0.1, 0.15) is 48.8 Å². The van der Waals surface area contributed by atoms with Crippen LogP contribution in [0.25, 0.3) is 0 Å². The fourth-order valence-electron chi connectivity index (χ4n) is 8.60. The van der Waals surface area contributed by atoms with Crippen LogP contribution >= 0.6 is 0 Å². The molecule has 0 radical (unpaired) electrons. The lowest BCUT2D eigenvalue weighted by Gasteiger charge is -2.46. The van der Waals surface area contributed by atoms with Gasteiger partial charge in [0.15, 0.2) is 12.6 Å². The van der Waals surface area contributed by atoms with Crippen LogP contribution in [0.5, 0.6) is 0 Å². The molecule has 382 valence electrons. The SMILES string of the molecule is CCCCCCCCCCCCCCC/C=C/CC/C=C/C(O)C(COC1OC(CO)C(OC2OC(CO)C(O)C(O)C2O)C(O)C1O)NC(=O)CCCCCCCCCCCCCC. The van der Waals surface area contributed by atoms with Crippen molar-refractivity contribution in [2.45, 2.75) is 274 Å². The van der Waals surface area contributed by atoms with E-state index >= 15 is 0 Å². The van der Waals surface area contributed by atoms with E-state index in [4.69, 9.17) is 18.9 Å². The second-order valence-corrected chi connectivity index (χ2v) is 18.6. The van der Waals surface area contributed by atoms with Crippen LogP contribution in [-0.4, -0.2) is 140 Å². The van der Waals surface area contributed by atoms with Crippen molar-refractivity contribution in [3.63, 3.8) is 0 Å². The van der Waals surface area contributed by atoms with E-state index in [1.165, 1.54) is 135 Å². The number of allylic oxidation sites excluding steroid dienone is 3. The van der Waals surface area contributed by atoms with E-state index < -0.39 is 86.8 Å². The second-order valence-electron chi connectivity index (χ2n) is 18.6. The van der Waals surface area contributed by atoms with Gasteiger partial charge in [-0.1, -0.05) is 186 Å². The van der Waals surface area contributed by atoms with Gasteiger partial charge < -0.3 is 65.1 Å². The Bertz CT molecular complexity index is 1190. The summed E-state index contributed by atoms with van der Waals surface area (Å²) in [5, 5.41) is 86.7. The molecule has 0 saturated carbocycles. The van der Waals surface area contributed by atoms with Crippen LogP contribution < -0.4 is 5.32 Å². The van der Waals surface area contributed by atoms with Crippen molar-refractivity contribution in [3.8, 4) is 0 Å². The first-order valence-corrected chi connectivity index (χ1v) is 26.1. The van der Waals surface area contributed by atoms with Gasteiger partial charge in [-0.3, -0.25) is 4.79 Å². The molecule has 12 unspecified atom stereocenters. The maximum absolute atomic E-state index is 13.1. The van der Waals surface area contributed by atoms with E-state index in [0.29, 0.717) is 12.8 Å². The molecule has 12 atom stereocenters. The van der Waals surface area contributed by atoms with Crippen LogP contribution in [0.4, 0.5) is 0 Å². The van der Waals surface area contributed by atoms with Gasteiger partial charge in [0.05, 0.1) is 32.0 Å². The average Bonchev–Trinajstić information content (AvgIpc) is 3.30. The van der Waals surface area contributed by atoms with Gasteiger partial charge in [-0.05, 0) is 32.1 Å². The summed E-state index contributed by atoms with van der Waals surface area (Å²) in [5.41, 5.74) is 0. The Kier molecular flexibility index (Phi) is 35.1. The smallest absolute Gasteiger partial charge is 0.220 e. The highest BCUT2D eigenvalue weighted by molar-refractivity contribution is 5.76. The molecule has 2 aliphatic heterocycles. The van der Waals surface area contributed by atoms with Crippen molar-refractivity contribution in [1.29, 1.82) is 0 Å². The Morgan fingerprint density at radius 2 is 0.985 bits per heavy atom. The van der Waals surface area contributed by atoms with E-state index in [9.17, 15) is 45.6 Å². The zero-order valence-corrected chi connectivity index (χ0v) is 40.5. The normalized spacial score (nSPS) is 27.2. The number of amides is 1. The molecular weight excluding hydrogens is 835 g/mol. The first kappa shape index (κ1) is 59.6. The van der Waals surface area contributed by atoms with E-state index in [-0.39, 0.29) is 18.9 Å². The molecule has 2 fully saturated rings. The Hall–Kier alpha value is -1.53. The van der Waals surface area contributed by atoms with E-state index in [1.807, 2.05) is 6.08 Å². The maximum atomic E-state index is 13.1. The predicted octanol–water partition coefficient (Wildman–Crippen LogP) is 6.94. The molecule has 0 aromatic heterocycles. The fourth-order valence-corrected chi connectivity index (χ4v) is 8.60. The third kappa shape index (κ3) is 25.6. The minimum Gasteiger partial charge on any atom is -0.394 e. The number of ether oxygens (including phenoxy) is 4. The topological polar surface area (TPSA) is 228 Å². The standard InChI is InChI=1S/C51H95NO13/c1-3-5-7-9-11-13-15-17-18-19-20-21-22-23-24-26-28-30-32-34-40(55)39(52-43(56)35-33-31-29-27-25-16-14-12-10-8-6-4-2)38-62-50-48(61)46(59)49(42(37-54)64-50)65-51-47(60)45(58)44(57)41(36-53)63-51/h24,26,32,34,39-42,44-51,53-55,57-61H,3-23,25,27-31,33,35-38H2,1-2H3,(H,52,56)/b26-24+,34-32+. The molecule has 0 bridgehead atoms. The molecule has 14 heteroatoms. The maximum Gasteiger partial charge on any atom is 0.220 e. The monoisotopic (exact) mass is 930 g/mol. The van der Waals surface area contributed by atoms with Gasteiger partial charge in [-0.15, -0.1) is 0 Å². The minimum atomic E-state index is -1.79. The Morgan fingerprint density at radius 1 is 0.538 bits per heavy atom. The zero-order valence-electron chi connectivity index (χ0n) is 40.5. The van der Waals surface area contributed by atoms with Crippen molar-refractivity contribution in [1.82, 2.24) is 5.32 Å². The third-order valence-electron chi connectivity index (χ3n) is 12.9. The first-order valence-electron chi connectivity index (χ1n) is 26.1. The number of aliphatic hydroxyl groups is 8. The molecule has 0 aromatic carbocycles. The molecule has 2 aliphatic rings. The summed E-state index contributed by atoms with van der Waals surface area (Å²) < 4.78 is 22.7. The van der Waals surface area contributed by atoms with Gasteiger partial charge in [-0.2, -0.15) is 0 Å². The van der Waals surface area contributed by atoms with Crippen LogP contribution in [0.15, 0.2) is 24.3 Å². The number of unbranched alkanes of at least 4 members (excludes halogenated alkanes) is 25. The predicted molar refractivity (Wildman–Crippen MR) is 254 cm³/mol. The number of carbonyl (C=O) groups is 1. The summed E-state index contributed by atoms with van der Waals surface area (Å²) >= 11 is 0. The molecule has 0 spiro atoms. The summed E-state index contributed by atoms with van der Waals surface area (Å²) in [7, 11) is 0. The van der Waals surface area contributed by atoms with Gasteiger partial charge in [0.2, 0.25) is 5.91 Å². The van der Waals surface area contributed by atoms with E-state index in [1.54, 1.807) is 6.08 Å². The number of rotatable bonds is 40. The summed E-state index contributed by atoms with van der Waals surface area (Å²) in [6.45, 7) is 2.76. The number of aliphatic hydroxyl groups excluding tert-OH is 8. The Balaban J connectivity index is 1.85. The summed E-state index contributed by atoms with van der Waals surface area (Å²) in [6, 6.07) is -0.925. The molecule has 2 saturated heterocycles. The lowest BCUT2D eigenvalue weighted by Crippen LogP contribution is -2.65. The van der Waals surface area contributed by atoms with Gasteiger partial charge in [0.25, 0.3) is 0 Å². The highest BCUT2D eigenvalue weighted by Gasteiger charge is 2.51. The lowest BCUT2D eigenvalue weighted by atomic mass is 9.97. The summed E-state index contributed by atoms with van der Waals surface area (Å²) in [6.07, 6.45) is 25.1. The number of nitrogens with one attached hydrogen (secondary N) is 1. The number of hydrogen-bond donors (Lipinski definition) is 9. The average molecular weight is 930 g/mol. The van der Waals surface area contributed by atoms with Crippen LogP contribution in [0.2, 0.25) is 0 Å². The number of carbonyl (C=O) groups excluding carboxylic acids is 1. The Labute approximate surface area is 392 Å². The molecule has 2 rings (SSSR count). The van der Waals surface area contributed by atoms with Crippen molar-refractivity contribution in [2.75, 3.05) is 19.8 Å². The van der Waals surface area contributed by atoms with Crippen molar-refractivity contribution < 1.29 is 64.6 Å². The summed E-state index contributed by atoms with van der Waals surface area (Å²) in [5.74, 6) is -0.249. The van der Waals surface area contributed by atoms with Crippen LogP contribution in [-0.2, 0) is 23.7 Å². The van der Waals surface area contributed by atoms with Crippen molar-refractivity contribution in [3.05, 3.63) is 24.3 Å². The van der Waals surface area contributed by atoms with Gasteiger partial charge in [0, 0.05) is 6.42 Å². The fraction of sp³-hybridized carbons (Fsp3) is 0.902. The molecule has 0 aliphatic carbocycles. The second kappa shape index (κ2) is 38.3. The molecule has 14 nitrogen and oxygen atoms in total. The van der Waals surface area contributed by atoms with E-state index in [2.05, 4.69) is 31.3 Å². The lowest BCUT2D eigenvalue weighted by molar-refractivity contribution is -0.359. The molecule has 0 aromatic rings. The van der Waals surface area contributed by atoms with Crippen molar-refractivity contribution in [2.24, 2.45) is 0 Å². The molecule has 2 heterocycles. The highest BCUT2D eigenvalue weighted by atomic mass is 16.7. The highest BCUT2D eigenvalue weighted by Crippen LogP contribution is 2.30. The van der Waals surface area contributed by atoms with Crippen molar-refractivity contribution >= 4 is 5.91 Å². The van der Waals surface area contributed by atoms with Gasteiger partial charge in [-0.25, -0.2) is 0 Å². The van der Waals surface area contributed by atoms with Gasteiger partial charge >= 0.3 is 0 Å². The first-order chi connectivity index (χ1) is 31.6. The zero-order chi connectivity index (χ0) is 47.5. The molecule has 1 amide bonds. The third-order valence-corrected chi connectivity index (χ3v) is 12.9. The Morgan fingerprint density at radius 3 is 1.51 bits per heavy atom. The molecule has 65 heavy (non-hydrogen) atoms. The van der Waals surface area contributed by atoms with Crippen LogP contribution in [0.1, 0.15) is 200 Å². The van der Waals surface area contributed by atoms with Crippen LogP contribution in [0.3, 0.4) is 0 Å². The quantitative estimate of drug-likeness (QED) is 0.0225. The van der Waals surface area contributed by atoms with E-state index in [0.717, 1.165) is 32.1 Å².